The number of benzene rings is 3. The lowest BCUT2D eigenvalue weighted by molar-refractivity contribution is -0.130. The summed E-state index contributed by atoms with van der Waals surface area (Å²) in [6.45, 7) is 9.68. The molecule has 0 unspecified atom stereocenters. The van der Waals surface area contributed by atoms with Gasteiger partial charge in [0, 0.05) is 48.8 Å². The van der Waals surface area contributed by atoms with Gasteiger partial charge >= 0.3 is 6.09 Å². The molecule has 0 spiro atoms. The third-order valence-electron chi connectivity index (χ3n) is 10.3. The van der Waals surface area contributed by atoms with Crippen LogP contribution in [0.1, 0.15) is 75.2 Å². The summed E-state index contributed by atoms with van der Waals surface area (Å²) in [5, 5.41) is 25.9. The number of aromatic nitrogens is 4. The molecule has 2 aliphatic rings. The number of anilines is 1. The van der Waals surface area contributed by atoms with Crippen LogP contribution >= 0.6 is 0 Å². The smallest absolute Gasteiger partial charge is 0.407 e. The average Bonchev–Trinajstić information content (AvgIpc) is 3.93. The Hall–Kier alpha value is -5.63. The lowest BCUT2D eigenvalue weighted by atomic mass is 9.81. The van der Waals surface area contributed by atoms with E-state index in [4.69, 9.17) is 4.74 Å². The molecule has 0 bridgehead atoms. The van der Waals surface area contributed by atoms with Crippen LogP contribution in [0.25, 0.3) is 22.5 Å². The Morgan fingerprint density at radius 3 is 2.11 bits per heavy atom. The summed E-state index contributed by atoms with van der Waals surface area (Å²) < 4.78 is 5.36. The zero-order valence-corrected chi connectivity index (χ0v) is 32.5. The highest BCUT2D eigenvalue weighted by atomic mass is 16.6. The number of carbonyl (C=O) groups excluding carboxylic acids is 4. The second-order valence-electron chi connectivity index (χ2n) is 15.7. The third-order valence-corrected chi connectivity index (χ3v) is 10.3. The molecule has 6 rings (SSSR count). The zero-order chi connectivity index (χ0) is 39.5. The molecule has 5 N–H and O–H groups in total. The molecule has 3 aromatic carbocycles. The molecule has 1 aromatic heterocycles. The summed E-state index contributed by atoms with van der Waals surface area (Å²) in [7, 11) is 0. The Morgan fingerprint density at radius 2 is 1.48 bits per heavy atom. The highest BCUT2D eigenvalue weighted by Gasteiger charge is 2.30. The minimum absolute atomic E-state index is 0.0800. The molecule has 2 heterocycles. The first-order chi connectivity index (χ1) is 27.0. The molecule has 1 aliphatic heterocycles. The summed E-state index contributed by atoms with van der Waals surface area (Å²) in [5.41, 5.74) is 4.18. The van der Waals surface area contributed by atoms with E-state index in [0.29, 0.717) is 43.0 Å². The molecular weight excluding hydrogens is 711 g/mol. The molecule has 1 atom stereocenters. The van der Waals surface area contributed by atoms with E-state index in [1.54, 1.807) is 24.3 Å². The predicted molar refractivity (Wildman–Crippen MR) is 213 cm³/mol. The molecule has 1 saturated heterocycles. The van der Waals surface area contributed by atoms with Gasteiger partial charge in [0.1, 0.15) is 11.6 Å². The topological polar surface area (TPSA) is 183 Å². The number of rotatable bonds is 14. The summed E-state index contributed by atoms with van der Waals surface area (Å²) in [5.74, 6) is -0.125. The molecule has 56 heavy (non-hydrogen) atoms. The van der Waals surface area contributed by atoms with Gasteiger partial charge in [0.15, 0.2) is 0 Å². The second-order valence-corrected chi connectivity index (χ2v) is 15.7. The maximum Gasteiger partial charge on any atom is 0.407 e. The molecule has 296 valence electrons. The largest absolute Gasteiger partial charge is 0.444 e. The Balaban J connectivity index is 1.06. The molecule has 4 aromatic rings. The Morgan fingerprint density at radius 1 is 0.839 bits per heavy atom. The van der Waals surface area contributed by atoms with Crippen molar-refractivity contribution >= 4 is 29.5 Å². The van der Waals surface area contributed by atoms with Gasteiger partial charge in [-0.3, -0.25) is 14.4 Å². The van der Waals surface area contributed by atoms with E-state index < -0.39 is 17.7 Å². The van der Waals surface area contributed by atoms with Crippen LogP contribution in [-0.2, 0) is 20.7 Å². The van der Waals surface area contributed by atoms with Crippen molar-refractivity contribution in [2.75, 3.05) is 38.0 Å². The lowest BCUT2D eigenvalue weighted by Crippen LogP contribution is -2.48. The molecule has 0 radical (unpaired) electrons. The molecule has 1 saturated carbocycles. The fraction of sp³-hybridized carbons (Fsp3) is 0.452. The number of likely N-dealkylation sites (tertiary alicyclic amines) is 1. The number of ether oxygens (including phenoxy) is 1. The first-order valence-electron chi connectivity index (χ1n) is 19.6. The van der Waals surface area contributed by atoms with Crippen LogP contribution in [0, 0.1) is 11.8 Å². The maximum atomic E-state index is 13.8. The molecule has 14 nitrogen and oxygen atoms in total. The van der Waals surface area contributed by atoms with Gasteiger partial charge in [0.2, 0.25) is 17.6 Å². The number of hydrogen-bond donors (Lipinski definition) is 5. The monoisotopic (exact) mass is 763 g/mol. The van der Waals surface area contributed by atoms with E-state index in [2.05, 4.69) is 46.8 Å². The highest BCUT2D eigenvalue weighted by molar-refractivity contribution is 5.98. The van der Waals surface area contributed by atoms with Crippen molar-refractivity contribution in [1.82, 2.24) is 41.5 Å². The average molecular weight is 764 g/mol. The van der Waals surface area contributed by atoms with Crippen molar-refractivity contribution in [3.63, 3.8) is 0 Å². The molecule has 14 heteroatoms. The number of alkyl carbamates (subject to hydrolysis) is 1. The fourth-order valence-electron chi connectivity index (χ4n) is 7.20. The van der Waals surface area contributed by atoms with E-state index >= 15 is 0 Å². The van der Waals surface area contributed by atoms with Crippen LogP contribution in [0.2, 0.25) is 0 Å². The van der Waals surface area contributed by atoms with Gasteiger partial charge in [0.05, 0.1) is 0 Å². The Kier molecular flexibility index (Phi) is 13.4. The molecule has 1 aliphatic carbocycles. The van der Waals surface area contributed by atoms with Gasteiger partial charge in [-0.25, -0.2) is 4.79 Å². The minimum atomic E-state index is -0.833. The lowest BCUT2D eigenvalue weighted by Gasteiger charge is -2.29. The van der Waals surface area contributed by atoms with Crippen LogP contribution in [0.5, 0.6) is 0 Å². The van der Waals surface area contributed by atoms with Gasteiger partial charge in [0.25, 0.3) is 5.91 Å². The molecular formula is C42H53N9O5. The van der Waals surface area contributed by atoms with Gasteiger partial charge < -0.3 is 30.9 Å². The number of carbonyl (C=O) groups is 4. The minimum Gasteiger partial charge on any atom is -0.444 e. The fourth-order valence-corrected chi connectivity index (χ4v) is 7.20. The van der Waals surface area contributed by atoms with Crippen molar-refractivity contribution < 1.29 is 23.9 Å². The number of amides is 4. The van der Waals surface area contributed by atoms with Crippen molar-refractivity contribution in [3.8, 4) is 22.5 Å². The Labute approximate surface area is 327 Å². The van der Waals surface area contributed by atoms with Crippen LogP contribution in [-0.4, -0.2) is 93.7 Å². The van der Waals surface area contributed by atoms with Crippen LogP contribution < -0.4 is 21.3 Å². The predicted octanol–water partition coefficient (Wildman–Crippen LogP) is 5.36. The summed E-state index contributed by atoms with van der Waals surface area (Å²) >= 11 is 0. The normalized spacial score (nSPS) is 17.8. The van der Waals surface area contributed by atoms with Gasteiger partial charge in [-0.2, -0.15) is 5.21 Å². The van der Waals surface area contributed by atoms with Crippen molar-refractivity contribution in [3.05, 3.63) is 83.9 Å². The van der Waals surface area contributed by atoms with Crippen LogP contribution in [0.4, 0.5) is 10.5 Å². The number of hydrogen-bond acceptors (Lipinski definition) is 9. The number of H-pyrrole nitrogens is 1. The summed E-state index contributed by atoms with van der Waals surface area (Å²) in [6.07, 6.45) is 5.17. The quantitative estimate of drug-likeness (QED) is 0.113. The van der Waals surface area contributed by atoms with Crippen LogP contribution in [0.3, 0.4) is 0 Å². The first-order valence-corrected chi connectivity index (χ1v) is 19.6. The van der Waals surface area contributed by atoms with Crippen molar-refractivity contribution in [2.24, 2.45) is 11.8 Å². The van der Waals surface area contributed by atoms with E-state index in [-0.39, 0.29) is 36.0 Å². The molecule has 4 amide bonds. The van der Waals surface area contributed by atoms with E-state index in [0.717, 1.165) is 54.7 Å². The SMILES string of the molecule is CC(C)(C)OC(=O)NCC1CCC(C(=O)N[C@@H](Cc2ccc(-c3ccc(C(=O)NCCN4CCCC4)cc3)cc2)C(=O)Nc2ccc(-c3nn[nH]n3)cc2)CC1. The summed E-state index contributed by atoms with van der Waals surface area (Å²) in [6, 6.07) is 21.7. The van der Waals surface area contributed by atoms with E-state index in [1.807, 2.05) is 69.3 Å². The number of nitrogens with one attached hydrogen (secondary N) is 5. The third kappa shape index (κ3) is 11.7. The maximum absolute atomic E-state index is 13.8. The zero-order valence-electron chi connectivity index (χ0n) is 32.5. The first kappa shape index (κ1) is 40.0. The van der Waals surface area contributed by atoms with Crippen LogP contribution in [0.15, 0.2) is 72.8 Å². The van der Waals surface area contributed by atoms with Crippen molar-refractivity contribution in [2.45, 2.75) is 77.4 Å². The Bertz CT molecular complexity index is 1900. The van der Waals surface area contributed by atoms with Gasteiger partial charge in [-0.1, -0.05) is 36.4 Å². The highest BCUT2D eigenvalue weighted by Crippen LogP contribution is 2.29. The second kappa shape index (κ2) is 18.8. The van der Waals surface area contributed by atoms with Gasteiger partial charge in [-0.05, 0) is 137 Å². The van der Waals surface area contributed by atoms with Gasteiger partial charge in [-0.15, -0.1) is 10.2 Å². The number of aromatic amines is 1. The number of tetrazole rings is 1. The number of nitrogens with zero attached hydrogens (tertiary/aromatic N) is 4. The standard InChI is InChI=1S/C42H53N9O5/c1-42(2,3)56-41(55)44-27-29-8-12-34(13-9-29)39(53)46-36(40(54)45-35-20-18-32(19-21-35)37-47-49-50-48-37)26-28-6-10-30(11-7-28)31-14-16-33(17-15-31)38(52)43-22-25-51-23-4-5-24-51/h6-7,10-11,14-21,29,34,36H,4-5,8-9,12-13,22-27H2,1-3H3,(H,43,52)(H,44,55)(H,45,54)(H,46,53)(H,47,48,49,50)/t29?,34?,36-/m0/s1. The summed E-state index contributed by atoms with van der Waals surface area (Å²) in [4.78, 5) is 54.7. The van der Waals surface area contributed by atoms with E-state index in [1.165, 1.54) is 12.8 Å². The van der Waals surface area contributed by atoms with E-state index in [9.17, 15) is 19.2 Å². The molecule has 2 fully saturated rings. The van der Waals surface area contributed by atoms with Crippen molar-refractivity contribution in [1.29, 1.82) is 0 Å².